The number of phenolic OH excluding ortho intramolecular Hbond substituents is 1. The van der Waals surface area contributed by atoms with Gasteiger partial charge in [0.1, 0.15) is 5.75 Å². The van der Waals surface area contributed by atoms with E-state index in [0.717, 1.165) is 31.7 Å². The largest absolute Gasteiger partial charge is 0.508 e. The number of nitrogens with one attached hydrogen (secondary N) is 1. The van der Waals surface area contributed by atoms with Crippen LogP contribution in [0.2, 0.25) is 0 Å². The van der Waals surface area contributed by atoms with E-state index in [-0.39, 0.29) is 30.9 Å². The number of piperazine rings is 1. The van der Waals surface area contributed by atoms with Gasteiger partial charge >= 0.3 is 0 Å². The van der Waals surface area contributed by atoms with Crippen LogP contribution in [0.15, 0.2) is 18.2 Å². The fourth-order valence-electron chi connectivity index (χ4n) is 3.84. The highest BCUT2D eigenvalue weighted by molar-refractivity contribution is 5.85. The van der Waals surface area contributed by atoms with E-state index in [0.29, 0.717) is 17.2 Å². The highest BCUT2D eigenvalue weighted by Crippen LogP contribution is 2.42. The molecule has 1 aliphatic carbocycles. The Balaban J connectivity index is 0.00000132. The van der Waals surface area contributed by atoms with Crippen molar-refractivity contribution in [3.05, 3.63) is 29.3 Å². The van der Waals surface area contributed by atoms with Crippen LogP contribution in [0, 0.1) is 17.2 Å². The molecule has 1 saturated carbocycles. The normalized spacial score (nSPS) is 20.1. The second-order valence-corrected chi connectivity index (χ2v) is 6.16. The number of benzene rings is 1. The van der Waals surface area contributed by atoms with Crippen molar-refractivity contribution in [2.45, 2.75) is 31.7 Å². The monoisotopic (exact) mass is 357 g/mol. The van der Waals surface area contributed by atoms with E-state index >= 15 is 0 Å². The Kier molecular flexibility index (Phi) is 8.15. The Morgan fingerprint density at radius 2 is 1.83 bits per heavy atom. The summed E-state index contributed by atoms with van der Waals surface area (Å²) in [5.74, 6) is 0.937. The van der Waals surface area contributed by atoms with E-state index in [2.05, 4.69) is 16.3 Å². The van der Waals surface area contributed by atoms with E-state index in [4.69, 9.17) is 5.26 Å². The highest BCUT2D eigenvalue weighted by atomic mass is 35.5. The summed E-state index contributed by atoms with van der Waals surface area (Å²) in [6.45, 7) is 4.03. The lowest BCUT2D eigenvalue weighted by molar-refractivity contribution is 0.123. The lowest BCUT2D eigenvalue weighted by atomic mass is 9.88. The summed E-state index contributed by atoms with van der Waals surface area (Å²) in [5, 5.41) is 22.9. The first kappa shape index (κ1) is 20.1. The van der Waals surface area contributed by atoms with Gasteiger partial charge in [-0.1, -0.05) is 12.8 Å². The van der Waals surface area contributed by atoms with Crippen LogP contribution < -0.4 is 5.32 Å². The molecular weight excluding hydrogens is 333 g/mol. The van der Waals surface area contributed by atoms with Gasteiger partial charge in [-0.05, 0) is 37.0 Å². The first-order valence-electron chi connectivity index (χ1n) is 7.97. The SMILES string of the molecule is Cl.Cl.N#Cc1ccc(O)c([C@H](C2CCCC2)N2CCNCC2)c1. The number of nitriles is 1. The van der Waals surface area contributed by atoms with Crippen LogP contribution in [0.4, 0.5) is 0 Å². The van der Waals surface area contributed by atoms with Crippen molar-refractivity contribution < 1.29 is 5.11 Å². The average Bonchev–Trinajstić information content (AvgIpc) is 3.04. The Bertz CT molecular complexity index is 535. The Labute approximate surface area is 150 Å². The van der Waals surface area contributed by atoms with Crippen molar-refractivity contribution in [2.24, 2.45) is 5.92 Å². The summed E-state index contributed by atoms with van der Waals surface area (Å²) >= 11 is 0. The van der Waals surface area contributed by atoms with E-state index in [1.54, 1.807) is 12.1 Å². The van der Waals surface area contributed by atoms with Crippen LogP contribution >= 0.6 is 24.8 Å². The van der Waals surface area contributed by atoms with Crippen molar-refractivity contribution in [2.75, 3.05) is 26.2 Å². The van der Waals surface area contributed by atoms with Crippen LogP contribution in [0.1, 0.15) is 42.9 Å². The summed E-state index contributed by atoms with van der Waals surface area (Å²) < 4.78 is 0. The minimum Gasteiger partial charge on any atom is -0.508 e. The fraction of sp³-hybridized carbons (Fsp3) is 0.588. The average molecular weight is 358 g/mol. The molecular formula is C17H25Cl2N3O. The van der Waals surface area contributed by atoms with Gasteiger partial charge in [-0.25, -0.2) is 0 Å². The van der Waals surface area contributed by atoms with Crippen LogP contribution in [-0.4, -0.2) is 36.2 Å². The fourth-order valence-corrected chi connectivity index (χ4v) is 3.84. The molecule has 1 saturated heterocycles. The van der Waals surface area contributed by atoms with Crippen molar-refractivity contribution in [1.82, 2.24) is 10.2 Å². The maximum atomic E-state index is 10.3. The molecule has 1 heterocycles. The lowest BCUT2D eigenvalue weighted by Crippen LogP contribution is -2.46. The molecule has 0 bridgehead atoms. The number of rotatable bonds is 3. The third-order valence-electron chi connectivity index (χ3n) is 4.87. The Morgan fingerprint density at radius 3 is 2.43 bits per heavy atom. The molecule has 4 nitrogen and oxygen atoms in total. The minimum atomic E-state index is 0. The molecule has 128 valence electrons. The van der Waals surface area contributed by atoms with Crippen LogP contribution in [0.5, 0.6) is 5.75 Å². The van der Waals surface area contributed by atoms with Crippen molar-refractivity contribution in [1.29, 1.82) is 5.26 Å². The number of phenols is 1. The van der Waals surface area contributed by atoms with E-state index in [1.807, 2.05) is 6.07 Å². The summed E-state index contributed by atoms with van der Waals surface area (Å²) in [6, 6.07) is 7.72. The number of halogens is 2. The van der Waals surface area contributed by atoms with Gasteiger partial charge in [-0.3, -0.25) is 4.90 Å². The molecule has 1 aliphatic heterocycles. The van der Waals surface area contributed by atoms with Crippen molar-refractivity contribution in [3.63, 3.8) is 0 Å². The number of hydrogen-bond acceptors (Lipinski definition) is 4. The molecule has 2 aliphatic rings. The predicted molar refractivity (Wildman–Crippen MR) is 96.5 cm³/mol. The quantitative estimate of drug-likeness (QED) is 0.871. The predicted octanol–water partition coefficient (Wildman–Crippen LogP) is 3.24. The van der Waals surface area contributed by atoms with Gasteiger partial charge in [0.25, 0.3) is 0 Å². The maximum absolute atomic E-state index is 10.3. The molecule has 2 fully saturated rings. The molecule has 1 atom stereocenters. The van der Waals surface area contributed by atoms with Gasteiger partial charge in [0.05, 0.1) is 11.6 Å². The third kappa shape index (κ3) is 4.51. The Morgan fingerprint density at radius 1 is 1.17 bits per heavy atom. The third-order valence-corrected chi connectivity index (χ3v) is 4.87. The molecule has 0 spiro atoms. The molecule has 1 aromatic carbocycles. The van der Waals surface area contributed by atoms with Crippen molar-refractivity contribution in [3.8, 4) is 11.8 Å². The van der Waals surface area contributed by atoms with Crippen LogP contribution in [0.3, 0.4) is 0 Å². The summed E-state index contributed by atoms with van der Waals surface area (Å²) in [6.07, 6.45) is 5.02. The number of nitrogens with zero attached hydrogens (tertiary/aromatic N) is 2. The molecule has 1 aromatic rings. The number of aromatic hydroxyl groups is 1. The zero-order valence-corrected chi connectivity index (χ0v) is 14.8. The highest BCUT2D eigenvalue weighted by Gasteiger charge is 2.33. The molecule has 23 heavy (non-hydrogen) atoms. The molecule has 2 N–H and O–H groups in total. The summed E-state index contributed by atoms with van der Waals surface area (Å²) in [4.78, 5) is 2.49. The molecule has 0 unspecified atom stereocenters. The maximum Gasteiger partial charge on any atom is 0.120 e. The van der Waals surface area contributed by atoms with Gasteiger partial charge in [0.15, 0.2) is 0 Å². The zero-order chi connectivity index (χ0) is 14.7. The number of hydrogen-bond donors (Lipinski definition) is 2. The molecule has 0 radical (unpaired) electrons. The van der Waals surface area contributed by atoms with Gasteiger partial charge in [-0.15, -0.1) is 24.8 Å². The van der Waals surface area contributed by atoms with E-state index in [9.17, 15) is 5.11 Å². The standard InChI is InChI=1S/C17H23N3O.2ClH/c18-12-13-5-6-16(21)15(11-13)17(14-3-1-2-4-14)20-9-7-19-8-10-20;;/h5-6,11,14,17,19,21H,1-4,7-10H2;2*1H/t17-;;/m0../s1. The van der Waals surface area contributed by atoms with Crippen LogP contribution in [0.25, 0.3) is 0 Å². The first-order valence-corrected chi connectivity index (χ1v) is 7.97. The van der Waals surface area contributed by atoms with Gasteiger partial charge in [0, 0.05) is 37.8 Å². The van der Waals surface area contributed by atoms with Crippen LogP contribution in [-0.2, 0) is 0 Å². The molecule has 3 rings (SSSR count). The Hall–Kier alpha value is -0.990. The summed E-state index contributed by atoms with van der Waals surface area (Å²) in [7, 11) is 0. The second kappa shape index (κ2) is 9.34. The minimum absolute atomic E-state index is 0. The van der Waals surface area contributed by atoms with E-state index in [1.165, 1.54) is 25.7 Å². The topological polar surface area (TPSA) is 59.3 Å². The smallest absolute Gasteiger partial charge is 0.120 e. The molecule has 6 heteroatoms. The van der Waals surface area contributed by atoms with E-state index < -0.39 is 0 Å². The van der Waals surface area contributed by atoms with Gasteiger partial charge in [0.2, 0.25) is 0 Å². The van der Waals surface area contributed by atoms with Gasteiger partial charge in [-0.2, -0.15) is 5.26 Å². The second-order valence-electron chi connectivity index (χ2n) is 6.16. The molecule has 0 aromatic heterocycles. The van der Waals surface area contributed by atoms with Gasteiger partial charge < -0.3 is 10.4 Å². The first-order chi connectivity index (χ1) is 10.3. The molecule has 0 amide bonds. The zero-order valence-electron chi connectivity index (χ0n) is 13.2. The van der Waals surface area contributed by atoms with Crippen molar-refractivity contribution >= 4 is 24.8 Å². The lowest BCUT2D eigenvalue weighted by Gasteiger charge is -2.39. The summed E-state index contributed by atoms with van der Waals surface area (Å²) in [5.41, 5.74) is 1.59.